The van der Waals surface area contributed by atoms with Gasteiger partial charge in [0.05, 0.1) is 19.0 Å². The molecule has 2 atom stereocenters. The maximum absolute atomic E-state index is 11.6. The Hall–Kier alpha value is -0.170. The van der Waals surface area contributed by atoms with E-state index in [0.29, 0.717) is 25.1 Å². The molecular weight excluding hydrogens is 264 g/mol. The number of rotatable bonds is 4. The molecule has 0 aromatic carbocycles. The SMILES string of the molecule is CC[C@H]1CN(C[C@@H]2CCCN(S(C)(=O)=O)C2)CCO1. The van der Waals surface area contributed by atoms with Gasteiger partial charge in [0.1, 0.15) is 0 Å². The normalized spacial score (nSPS) is 31.5. The molecule has 2 heterocycles. The Balaban J connectivity index is 1.85. The number of ether oxygens (including phenoxy) is 1. The number of sulfonamides is 1. The molecule has 0 bridgehead atoms. The van der Waals surface area contributed by atoms with E-state index in [1.165, 1.54) is 6.26 Å². The zero-order valence-corrected chi connectivity index (χ0v) is 12.9. The van der Waals surface area contributed by atoms with Crippen LogP contribution in [-0.4, -0.2) is 69.3 Å². The van der Waals surface area contributed by atoms with Crippen molar-refractivity contribution in [3.63, 3.8) is 0 Å². The minimum Gasteiger partial charge on any atom is -0.376 e. The Kier molecular flexibility index (Phi) is 5.22. The van der Waals surface area contributed by atoms with E-state index in [9.17, 15) is 8.42 Å². The zero-order valence-electron chi connectivity index (χ0n) is 12.0. The molecule has 0 unspecified atom stereocenters. The van der Waals surface area contributed by atoms with Crippen LogP contribution in [0.2, 0.25) is 0 Å². The minimum atomic E-state index is -3.02. The Labute approximate surface area is 117 Å². The van der Waals surface area contributed by atoms with Crippen LogP contribution in [0.1, 0.15) is 26.2 Å². The highest BCUT2D eigenvalue weighted by Gasteiger charge is 2.28. The summed E-state index contributed by atoms with van der Waals surface area (Å²) < 4.78 is 30.5. The van der Waals surface area contributed by atoms with Gasteiger partial charge >= 0.3 is 0 Å². The third-order valence-corrected chi connectivity index (χ3v) is 5.42. The van der Waals surface area contributed by atoms with E-state index < -0.39 is 10.0 Å². The summed E-state index contributed by atoms with van der Waals surface area (Å²) in [5, 5.41) is 0. The predicted molar refractivity (Wildman–Crippen MR) is 75.6 cm³/mol. The highest BCUT2D eigenvalue weighted by atomic mass is 32.2. The second-order valence-electron chi connectivity index (χ2n) is 5.79. The van der Waals surface area contributed by atoms with E-state index in [4.69, 9.17) is 4.74 Å². The molecule has 0 aliphatic carbocycles. The molecule has 0 amide bonds. The molecule has 0 spiro atoms. The van der Waals surface area contributed by atoms with Gasteiger partial charge < -0.3 is 4.74 Å². The molecule has 6 heteroatoms. The number of piperidine rings is 1. The summed E-state index contributed by atoms with van der Waals surface area (Å²) in [7, 11) is -3.02. The van der Waals surface area contributed by atoms with E-state index in [1.807, 2.05) is 0 Å². The van der Waals surface area contributed by atoms with Crippen molar-refractivity contribution in [3.05, 3.63) is 0 Å². The van der Waals surface area contributed by atoms with E-state index in [2.05, 4.69) is 11.8 Å². The molecule has 0 aromatic rings. The van der Waals surface area contributed by atoms with Gasteiger partial charge in [-0.1, -0.05) is 6.92 Å². The standard InChI is InChI=1S/C13H26N2O3S/c1-3-13-11-14(7-8-18-13)9-12-5-4-6-15(10-12)19(2,16)17/h12-13H,3-11H2,1-2H3/t12-,13-/m0/s1. The lowest BCUT2D eigenvalue weighted by atomic mass is 9.98. The molecule has 2 fully saturated rings. The fourth-order valence-electron chi connectivity index (χ4n) is 3.04. The van der Waals surface area contributed by atoms with Crippen molar-refractivity contribution in [1.29, 1.82) is 0 Å². The highest BCUT2D eigenvalue weighted by Crippen LogP contribution is 2.21. The van der Waals surface area contributed by atoms with Crippen molar-refractivity contribution < 1.29 is 13.2 Å². The Morgan fingerprint density at radius 1 is 1.26 bits per heavy atom. The smallest absolute Gasteiger partial charge is 0.211 e. The molecule has 112 valence electrons. The molecule has 0 aromatic heterocycles. The second-order valence-corrected chi connectivity index (χ2v) is 7.77. The fourth-order valence-corrected chi connectivity index (χ4v) is 3.98. The zero-order chi connectivity index (χ0) is 13.9. The van der Waals surface area contributed by atoms with Gasteiger partial charge in [0.15, 0.2) is 0 Å². The largest absolute Gasteiger partial charge is 0.376 e. The topological polar surface area (TPSA) is 49.9 Å². The van der Waals surface area contributed by atoms with Gasteiger partial charge in [-0.15, -0.1) is 0 Å². The van der Waals surface area contributed by atoms with Gasteiger partial charge in [0, 0.05) is 32.7 Å². The molecular formula is C13H26N2O3S. The number of morpholine rings is 1. The predicted octanol–water partition coefficient (Wildman–Crippen LogP) is 0.769. The van der Waals surface area contributed by atoms with Gasteiger partial charge in [-0.3, -0.25) is 4.90 Å². The van der Waals surface area contributed by atoms with Crippen molar-refractivity contribution in [1.82, 2.24) is 9.21 Å². The Morgan fingerprint density at radius 3 is 2.74 bits per heavy atom. The Bertz CT molecular complexity index is 385. The van der Waals surface area contributed by atoms with Crippen LogP contribution in [0.4, 0.5) is 0 Å². The van der Waals surface area contributed by atoms with E-state index in [-0.39, 0.29) is 0 Å². The van der Waals surface area contributed by atoms with Crippen molar-refractivity contribution in [2.45, 2.75) is 32.3 Å². The van der Waals surface area contributed by atoms with Gasteiger partial charge in [-0.05, 0) is 25.2 Å². The van der Waals surface area contributed by atoms with E-state index in [0.717, 1.165) is 45.5 Å². The summed E-state index contributed by atoms with van der Waals surface area (Å²) in [5.74, 6) is 0.471. The minimum absolute atomic E-state index is 0.350. The summed E-state index contributed by atoms with van der Waals surface area (Å²) in [6.45, 7) is 7.31. The van der Waals surface area contributed by atoms with Crippen LogP contribution >= 0.6 is 0 Å². The molecule has 0 N–H and O–H groups in total. The van der Waals surface area contributed by atoms with Gasteiger partial charge in [0.2, 0.25) is 10.0 Å². The average Bonchev–Trinajstić information content (AvgIpc) is 2.38. The molecule has 2 rings (SSSR count). The molecule has 2 aliphatic heterocycles. The van der Waals surface area contributed by atoms with Crippen LogP contribution in [0, 0.1) is 5.92 Å². The summed E-state index contributed by atoms with van der Waals surface area (Å²) in [4.78, 5) is 2.44. The van der Waals surface area contributed by atoms with Gasteiger partial charge in [-0.25, -0.2) is 12.7 Å². The van der Waals surface area contributed by atoms with Crippen molar-refractivity contribution >= 4 is 10.0 Å². The summed E-state index contributed by atoms with van der Waals surface area (Å²) in [6, 6.07) is 0. The summed E-state index contributed by atoms with van der Waals surface area (Å²) in [5.41, 5.74) is 0. The molecule has 2 saturated heterocycles. The maximum Gasteiger partial charge on any atom is 0.211 e. The Morgan fingerprint density at radius 2 is 2.05 bits per heavy atom. The van der Waals surface area contributed by atoms with E-state index in [1.54, 1.807) is 4.31 Å². The lowest BCUT2D eigenvalue weighted by Gasteiger charge is -2.37. The van der Waals surface area contributed by atoms with Gasteiger partial charge in [0.25, 0.3) is 0 Å². The van der Waals surface area contributed by atoms with Crippen molar-refractivity contribution in [3.8, 4) is 0 Å². The monoisotopic (exact) mass is 290 g/mol. The third-order valence-electron chi connectivity index (χ3n) is 4.15. The quantitative estimate of drug-likeness (QED) is 0.767. The van der Waals surface area contributed by atoms with Crippen LogP contribution in [0.3, 0.4) is 0 Å². The van der Waals surface area contributed by atoms with Gasteiger partial charge in [-0.2, -0.15) is 0 Å². The lowest BCUT2D eigenvalue weighted by molar-refractivity contribution is -0.0359. The second kappa shape index (κ2) is 6.52. The van der Waals surface area contributed by atoms with Crippen LogP contribution in [0.5, 0.6) is 0 Å². The first-order valence-electron chi connectivity index (χ1n) is 7.28. The van der Waals surface area contributed by atoms with Crippen LogP contribution in [0.15, 0.2) is 0 Å². The molecule has 19 heavy (non-hydrogen) atoms. The number of hydrogen-bond donors (Lipinski definition) is 0. The first-order chi connectivity index (χ1) is 8.99. The van der Waals surface area contributed by atoms with Crippen LogP contribution in [-0.2, 0) is 14.8 Å². The third kappa shape index (κ3) is 4.41. The van der Waals surface area contributed by atoms with E-state index >= 15 is 0 Å². The van der Waals surface area contributed by atoms with Crippen molar-refractivity contribution in [2.24, 2.45) is 5.92 Å². The number of nitrogens with zero attached hydrogens (tertiary/aromatic N) is 2. The lowest BCUT2D eigenvalue weighted by Crippen LogP contribution is -2.48. The van der Waals surface area contributed by atoms with Crippen LogP contribution < -0.4 is 0 Å². The highest BCUT2D eigenvalue weighted by molar-refractivity contribution is 7.88. The molecule has 0 radical (unpaired) electrons. The van der Waals surface area contributed by atoms with Crippen LogP contribution in [0.25, 0.3) is 0 Å². The molecule has 5 nitrogen and oxygen atoms in total. The average molecular weight is 290 g/mol. The maximum atomic E-state index is 11.6. The number of hydrogen-bond acceptors (Lipinski definition) is 4. The summed E-state index contributed by atoms with van der Waals surface area (Å²) >= 11 is 0. The van der Waals surface area contributed by atoms with Crippen molar-refractivity contribution in [2.75, 3.05) is 45.6 Å². The fraction of sp³-hybridized carbons (Fsp3) is 1.00. The molecule has 0 saturated carbocycles. The first-order valence-corrected chi connectivity index (χ1v) is 9.13. The molecule has 2 aliphatic rings. The summed E-state index contributed by atoms with van der Waals surface area (Å²) in [6.07, 6.45) is 4.84. The first kappa shape index (κ1) is 15.2.